The third-order valence-corrected chi connectivity index (χ3v) is 3.75. The summed E-state index contributed by atoms with van der Waals surface area (Å²) in [5.41, 5.74) is 1.20. The highest BCUT2D eigenvalue weighted by molar-refractivity contribution is 5.98. The van der Waals surface area contributed by atoms with E-state index in [9.17, 15) is 9.59 Å². The Morgan fingerprint density at radius 3 is 2.71 bits per heavy atom. The van der Waals surface area contributed by atoms with E-state index in [1.54, 1.807) is 43.5 Å². The summed E-state index contributed by atoms with van der Waals surface area (Å²) in [5.74, 6) is 0.933. The first-order chi connectivity index (χ1) is 11.7. The number of nitrogens with one attached hydrogen (secondary N) is 2. The number of methoxy groups -OCH3 is 1. The summed E-state index contributed by atoms with van der Waals surface area (Å²) in [6.07, 6.45) is -0.224. The van der Waals surface area contributed by atoms with Gasteiger partial charge < -0.3 is 20.1 Å². The Balaban J connectivity index is 1.52. The lowest BCUT2D eigenvalue weighted by Crippen LogP contribution is -2.39. The minimum absolute atomic E-state index is 0.200. The Hall–Kier alpha value is -3.02. The fraction of sp³-hybridized carbons (Fsp3) is 0.222. The number of ether oxygens (including phenoxy) is 2. The van der Waals surface area contributed by atoms with Crippen molar-refractivity contribution in [2.45, 2.75) is 12.5 Å². The zero-order valence-corrected chi connectivity index (χ0v) is 13.2. The number of hydrogen-bond donors (Lipinski definition) is 2. The molecule has 2 aromatic carbocycles. The summed E-state index contributed by atoms with van der Waals surface area (Å²) < 4.78 is 10.7. The van der Waals surface area contributed by atoms with Crippen molar-refractivity contribution in [2.24, 2.45) is 0 Å². The zero-order valence-electron chi connectivity index (χ0n) is 13.2. The van der Waals surface area contributed by atoms with E-state index in [4.69, 9.17) is 9.47 Å². The van der Waals surface area contributed by atoms with Gasteiger partial charge in [0.05, 0.1) is 12.8 Å². The second kappa shape index (κ2) is 7.04. The molecule has 0 spiro atoms. The summed E-state index contributed by atoms with van der Waals surface area (Å²) >= 11 is 0. The van der Waals surface area contributed by atoms with Crippen LogP contribution in [0.5, 0.6) is 11.5 Å². The fourth-order valence-corrected chi connectivity index (χ4v) is 2.44. The van der Waals surface area contributed by atoms with E-state index in [1.165, 1.54) is 0 Å². The van der Waals surface area contributed by atoms with Gasteiger partial charge in [-0.2, -0.15) is 0 Å². The number of para-hydroxylation sites is 2. The van der Waals surface area contributed by atoms with Gasteiger partial charge >= 0.3 is 0 Å². The maximum Gasteiger partial charge on any atom is 0.265 e. The molecule has 0 aliphatic carbocycles. The predicted octanol–water partition coefficient (Wildman–Crippen LogP) is 2.21. The van der Waals surface area contributed by atoms with Crippen LogP contribution in [0.1, 0.15) is 16.8 Å². The molecule has 2 amide bonds. The van der Waals surface area contributed by atoms with Crippen molar-refractivity contribution in [3.63, 3.8) is 0 Å². The summed E-state index contributed by atoms with van der Waals surface area (Å²) in [7, 11) is 1.57. The molecule has 3 rings (SSSR count). The van der Waals surface area contributed by atoms with Crippen molar-refractivity contribution in [3.05, 3.63) is 54.1 Å². The van der Waals surface area contributed by atoms with Crippen LogP contribution in [0.25, 0.3) is 0 Å². The molecule has 2 aromatic rings. The average Bonchev–Trinajstić information content (AvgIpc) is 2.62. The largest absolute Gasteiger partial charge is 0.497 e. The van der Waals surface area contributed by atoms with Crippen LogP contribution in [0.2, 0.25) is 0 Å². The first-order valence-corrected chi connectivity index (χ1v) is 7.66. The van der Waals surface area contributed by atoms with Gasteiger partial charge in [0.15, 0.2) is 6.10 Å². The maximum absolute atomic E-state index is 12.1. The molecule has 0 aromatic heterocycles. The van der Waals surface area contributed by atoms with E-state index in [1.807, 2.05) is 12.1 Å². The lowest BCUT2D eigenvalue weighted by Gasteiger charge is -2.25. The van der Waals surface area contributed by atoms with E-state index in [0.29, 0.717) is 35.7 Å². The highest BCUT2D eigenvalue weighted by atomic mass is 16.5. The number of hydrogen-bond acceptors (Lipinski definition) is 4. The summed E-state index contributed by atoms with van der Waals surface area (Å²) in [6.45, 7) is 0.338. The minimum atomic E-state index is -0.615. The number of anilines is 1. The molecule has 0 saturated heterocycles. The van der Waals surface area contributed by atoms with Crippen molar-refractivity contribution in [3.8, 4) is 11.5 Å². The van der Waals surface area contributed by atoms with Gasteiger partial charge in [-0.1, -0.05) is 12.1 Å². The van der Waals surface area contributed by atoms with Gasteiger partial charge in [-0.3, -0.25) is 9.59 Å². The Morgan fingerprint density at radius 1 is 1.21 bits per heavy atom. The molecular formula is C18H18N2O4. The van der Waals surface area contributed by atoms with Crippen LogP contribution in [-0.2, 0) is 4.79 Å². The first kappa shape index (κ1) is 15.9. The summed E-state index contributed by atoms with van der Waals surface area (Å²) in [6, 6.07) is 14.1. The molecule has 24 heavy (non-hydrogen) atoms. The molecule has 1 unspecified atom stereocenters. The van der Waals surface area contributed by atoms with Gasteiger partial charge in [0, 0.05) is 18.5 Å². The molecule has 1 heterocycles. The number of benzene rings is 2. The fourth-order valence-electron chi connectivity index (χ4n) is 2.44. The standard InChI is InChI=1S/C18H18N2O4/c1-23-13-8-6-12(7-9-13)17(21)19-11-10-16-18(22)20-14-4-2-3-5-15(14)24-16/h2-9,16H,10-11H2,1H3,(H,19,21)(H,20,22). The van der Waals surface area contributed by atoms with Crippen molar-refractivity contribution >= 4 is 17.5 Å². The van der Waals surface area contributed by atoms with Gasteiger partial charge in [-0.05, 0) is 36.4 Å². The van der Waals surface area contributed by atoms with Crippen molar-refractivity contribution in [2.75, 3.05) is 19.0 Å². The smallest absolute Gasteiger partial charge is 0.265 e. The molecule has 124 valence electrons. The molecule has 1 atom stereocenters. The van der Waals surface area contributed by atoms with E-state index in [0.717, 1.165) is 0 Å². The summed E-state index contributed by atoms with van der Waals surface area (Å²) in [4.78, 5) is 24.1. The van der Waals surface area contributed by atoms with Crippen molar-refractivity contribution < 1.29 is 19.1 Å². The van der Waals surface area contributed by atoms with Gasteiger partial charge in [-0.25, -0.2) is 0 Å². The second-order valence-electron chi connectivity index (χ2n) is 5.36. The predicted molar refractivity (Wildman–Crippen MR) is 89.4 cm³/mol. The van der Waals surface area contributed by atoms with E-state index >= 15 is 0 Å². The topological polar surface area (TPSA) is 76.7 Å². The normalized spacial score (nSPS) is 15.7. The molecule has 0 fully saturated rings. The van der Waals surface area contributed by atoms with E-state index in [2.05, 4.69) is 10.6 Å². The Kier molecular flexibility index (Phi) is 4.65. The Labute approximate surface area is 139 Å². The van der Waals surface area contributed by atoms with Crippen molar-refractivity contribution in [1.82, 2.24) is 5.32 Å². The molecule has 0 bridgehead atoms. The first-order valence-electron chi connectivity index (χ1n) is 7.66. The number of carbonyl (C=O) groups is 2. The number of amides is 2. The van der Waals surface area contributed by atoms with Gasteiger partial charge in [0.1, 0.15) is 11.5 Å². The third kappa shape index (κ3) is 3.48. The molecule has 6 heteroatoms. The van der Waals surface area contributed by atoms with E-state index in [-0.39, 0.29) is 11.8 Å². The van der Waals surface area contributed by atoms with Crippen LogP contribution in [0.15, 0.2) is 48.5 Å². The molecule has 6 nitrogen and oxygen atoms in total. The van der Waals surface area contributed by atoms with Crippen LogP contribution < -0.4 is 20.1 Å². The SMILES string of the molecule is COc1ccc(C(=O)NCCC2Oc3ccccc3NC2=O)cc1. The maximum atomic E-state index is 12.1. The third-order valence-electron chi connectivity index (χ3n) is 3.75. The molecule has 1 aliphatic heterocycles. The monoisotopic (exact) mass is 326 g/mol. The summed E-state index contributed by atoms with van der Waals surface area (Å²) in [5, 5.41) is 5.59. The highest BCUT2D eigenvalue weighted by Crippen LogP contribution is 2.29. The zero-order chi connectivity index (χ0) is 16.9. The average molecular weight is 326 g/mol. The van der Waals surface area contributed by atoms with Gasteiger partial charge in [0.25, 0.3) is 11.8 Å². The lowest BCUT2D eigenvalue weighted by atomic mass is 10.1. The quantitative estimate of drug-likeness (QED) is 0.883. The van der Waals surface area contributed by atoms with Crippen LogP contribution in [-0.4, -0.2) is 31.6 Å². The Morgan fingerprint density at radius 2 is 1.96 bits per heavy atom. The van der Waals surface area contributed by atoms with E-state index < -0.39 is 6.10 Å². The Bertz CT molecular complexity index is 743. The molecule has 0 saturated carbocycles. The molecule has 1 aliphatic rings. The van der Waals surface area contributed by atoms with Crippen molar-refractivity contribution in [1.29, 1.82) is 0 Å². The van der Waals surface area contributed by atoms with Gasteiger partial charge in [-0.15, -0.1) is 0 Å². The number of carbonyl (C=O) groups excluding carboxylic acids is 2. The highest BCUT2D eigenvalue weighted by Gasteiger charge is 2.26. The lowest BCUT2D eigenvalue weighted by molar-refractivity contribution is -0.123. The number of rotatable bonds is 5. The van der Waals surface area contributed by atoms with Crippen LogP contribution in [0, 0.1) is 0 Å². The minimum Gasteiger partial charge on any atom is -0.497 e. The second-order valence-corrected chi connectivity index (χ2v) is 5.36. The molecule has 2 N–H and O–H groups in total. The van der Waals surface area contributed by atoms with Crippen LogP contribution in [0.3, 0.4) is 0 Å². The van der Waals surface area contributed by atoms with Gasteiger partial charge in [0.2, 0.25) is 0 Å². The van der Waals surface area contributed by atoms with Crippen LogP contribution >= 0.6 is 0 Å². The number of fused-ring (bicyclic) bond motifs is 1. The molecule has 0 radical (unpaired) electrons. The molecular weight excluding hydrogens is 308 g/mol. The van der Waals surface area contributed by atoms with Crippen LogP contribution in [0.4, 0.5) is 5.69 Å².